The van der Waals surface area contributed by atoms with Gasteiger partial charge in [-0.1, -0.05) is 12.1 Å². The number of nitrogens with zero attached hydrogens (tertiary/aromatic N) is 1. The van der Waals surface area contributed by atoms with E-state index in [1.807, 2.05) is 23.9 Å². The highest BCUT2D eigenvalue weighted by molar-refractivity contribution is 7.99. The zero-order chi connectivity index (χ0) is 16.1. The zero-order valence-electron chi connectivity index (χ0n) is 13.8. The van der Waals surface area contributed by atoms with E-state index >= 15 is 0 Å². The number of carbonyl (C=O) groups excluding carboxylic acids is 1. The molecule has 1 aromatic carbocycles. The number of amides is 1. The number of rotatable bonds is 5. The quantitative estimate of drug-likeness (QED) is 0.899. The van der Waals surface area contributed by atoms with Crippen molar-refractivity contribution in [1.29, 1.82) is 0 Å². The molecule has 0 saturated carbocycles. The molecule has 126 valence electrons. The lowest BCUT2D eigenvalue weighted by molar-refractivity contribution is -0.118. The van der Waals surface area contributed by atoms with Crippen molar-refractivity contribution in [2.75, 3.05) is 36.5 Å². The number of ether oxygens (including phenoxy) is 1. The Balaban J connectivity index is 1.60. The average molecular weight is 334 g/mol. The summed E-state index contributed by atoms with van der Waals surface area (Å²) < 4.78 is 5.55. The molecule has 0 bridgehead atoms. The molecule has 0 aromatic heterocycles. The molecule has 5 heteroatoms. The van der Waals surface area contributed by atoms with E-state index in [0.717, 1.165) is 44.8 Å². The summed E-state index contributed by atoms with van der Waals surface area (Å²) in [5.41, 5.74) is 3.44. The van der Waals surface area contributed by atoms with Gasteiger partial charge in [0, 0.05) is 43.4 Å². The van der Waals surface area contributed by atoms with Crippen LogP contribution in [-0.2, 0) is 16.1 Å². The van der Waals surface area contributed by atoms with Gasteiger partial charge in [-0.3, -0.25) is 9.69 Å². The molecule has 1 amide bonds. The number of hydrogen-bond donors (Lipinski definition) is 1. The number of benzene rings is 1. The Hall–Kier alpha value is -1.04. The van der Waals surface area contributed by atoms with Gasteiger partial charge >= 0.3 is 0 Å². The van der Waals surface area contributed by atoms with Crippen molar-refractivity contribution in [1.82, 2.24) is 4.90 Å². The van der Waals surface area contributed by atoms with Gasteiger partial charge in [-0.2, -0.15) is 11.8 Å². The van der Waals surface area contributed by atoms with Crippen LogP contribution in [0.25, 0.3) is 0 Å². The number of thioether (sulfide) groups is 1. The molecule has 2 aliphatic heterocycles. The van der Waals surface area contributed by atoms with Gasteiger partial charge in [0.15, 0.2) is 0 Å². The molecule has 1 N–H and O–H groups in total. The fourth-order valence-corrected chi connectivity index (χ4v) is 4.18. The molecule has 1 aromatic rings. The van der Waals surface area contributed by atoms with E-state index < -0.39 is 0 Å². The first kappa shape index (κ1) is 16.8. The lowest BCUT2D eigenvalue weighted by Crippen LogP contribution is -2.32. The molecule has 1 atom stereocenters. The van der Waals surface area contributed by atoms with Crippen molar-refractivity contribution >= 4 is 23.4 Å². The summed E-state index contributed by atoms with van der Waals surface area (Å²) in [6.07, 6.45) is 2.64. The van der Waals surface area contributed by atoms with E-state index in [0.29, 0.717) is 6.42 Å². The smallest absolute Gasteiger partial charge is 0.226 e. The second kappa shape index (κ2) is 8.18. The summed E-state index contributed by atoms with van der Waals surface area (Å²) in [5.74, 6) is 2.50. The molecular formula is C18H26N2O2S. The minimum atomic E-state index is 0.0616. The standard InChI is InChI=1S/C18H26N2O2S/c1-14-15(13-20-7-10-23-11-8-20)4-2-6-17(14)19-18(21)12-16-5-3-9-22-16/h2,4,6,16H,3,5,7-13H2,1H3,(H,19,21)/t16-/m0/s1. The highest BCUT2D eigenvalue weighted by Gasteiger charge is 2.20. The van der Waals surface area contributed by atoms with E-state index in [1.54, 1.807) is 0 Å². The van der Waals surface area contributed by atoms with Gasteiger partial charge in [0.25, 0.3) is 0 Å². The van der Waals surface area contributed by atoms with E-state index in [4.69, 9.17) is 4.74 Å². The van der Waals surface area contributed by atoms with Gasteiger partial charge in [-0.15, -0.1) is 0 Å². The van der Waals surface area contributed by atoms with E-state index in [2.05, 4.69) is 23.2 Å². The summed E-state index contributed by atoms with van der Waals surface area (Å²) in [7, 11) is 0. The van der Waals surface area contributed by atoms with Crippen LogP contribution in [0.4, 0.5) is 5.69 Å². The molecule has 4 nitrogen and oxygen atoms in total. The van der Waals surface area contributed by atoms with E-state index in [9.17, 15) is 4.79 Å². The third-order valence-electron chi connectivity index (χ3n) is 4.65. The van der Waals surface area contributed by atoms with Crippen LogP contribution in [-0.4, -0.2) is 48.1 Å². The van der Waals surface area contributed by atoms with Crippen LogP contribution in [0.1, 0.15) is 30.4 Å². The van der Waals surface area contributed by atoms with Crippen LogP contribution in [0.5, 0.6) is 0 Å². The summed E-state index contributed by atoms with van der Waals surface area (Å²) >= 11 is 2.03. The molecule has 2 heterocycles. The molecule has 0 unspecified atom stereocenters. The SMILES string of the molecule is Cc1c(CN2CCSCC2)cccc1NC(=O)C[C@@H]1CCCO1. The molecule has 2 saturated heterocycles. The highest BCUT2D eigenvalue weighted by Crippen LogP contribution is 2.23. The fraction of sp³-hybridized carbons (Fsp3) is 0.611. The maximum atomic E-state index is 12.2. The average Bonchev–Trinajstić information content (AvgIpc) is 3.05. The highest BCUT2D eigenvalue weighted by atomic mass is 32.2. The first-order valence-electron chi connectivity index (χ1n) is 8.52. The second-order valence-electron chi connectivity index (χ2n) is 6.37. The molecule has 23 heavy (non-hydrogen) atoms. The predicted octanol–water partition coefficient (Wildman–Crippen LogP) is 3.05. The number of anilines is 1. The Bertz CT molecular complexity index is 538. The van der Waals surface area contributed by atoms with Crippen LogP contribution in [0, 0.1) is 6.92 Å². The first-order valence-corrected chi connectivity index (χ1v) is 9.68. The molecule has 2 aliphatic rings. The van der Waals surface area contributed by atoms with Gasteiger partial charge in [-0.25, -0.2) is 0 Å². The van der Waals surface area contributed by atoms with E-state index in [1.165, 1.54) is 22.6 Å². The van der Waals surface area contributed by atoms with Crippen molar-refractivity contribution in [3.8, 4) is 0 Å². The van der Waals surface area contributed by atoms with Gasteiger partial charge < -0.3 is 10.1 Å². The fourth-order valence-electron chi connectivity index (χ4n) is 3.20. The summed E-state index contributed by atoms with van der Waals surface area (Å²) in [5, 5.41) is 3.07. The number of hydrogen-bond acceptors (Lipinski definition) is 4. The van der Waals surface area contributed by atoms with Gasteiger partial charge in [0.1, 0.15) is 0 Å². The normalized spacial score (nSPS) is 22.2. The molecular weight excluding hydrogens is 308 g/mol. The van der Waals surface area contributed by atoms with Crippen LogP contribution in [0.3, 0.4) is 0 Å². The van der Waals surface area contributed by atoms with Gasteiger partial charge in [0.2, 0.25) is 5.91 Å². The third kappa shape index (κ3) is 4.72. The van der Waals surface area contributed by atoms with Crippen molar-refractivity contribution < 1.29 is 9.53 Å². The minimum absolute atomic E-state index is 0.0616. The van der Waals surface area contributed by atoms with E-state index in [-0.39, 0.29) is 12.0 Å². The Morgan fingerprint density at radius 2 is 2.22 bits per heavy atom. The topological polar surface area (TPSA) is 41.6 Å². The third-order valence-corrected chi connectivity index (χ3v) is 5.60. The summed E-state index contributed by atoms with van der Waals surface area (Å²) in [4.78, 5) is 14.7. The molecule has 2 fully saturated rings. The molecule has 3 rings (SSSR count). The Labute approximate surface area is 143 Å². The molecule has 0 spiro atoms. The zero-order valence-corrected chi connectivity index (χ0v) is 14.7. The maximum Gasteiger partial charge on any atom is 0.226 e. The van der Waals surface area contributed by atoms with Crippen molar-refractivity contribution in [2.24, 2.45) is 0 Å². The predicted molar refractivity (Wildman–Crippen MR) is 96.0 cm³/mol. The largest absolute Gasteiger partial charge is 0.378 e. The second-order valence-corrected chi connectivity index (χ2v) is 7.59. The van der Waals surface area contributed by atoms with Gasteiger partial charge in [0.05, 0.1) is 12.5 Å². The number of nitrogens with one attached hydrogen (secondary N) is 1. The van der Waals surface area contributed by atoms with Gasteiger partial charge in [-0.05, 0) is 37.0 Å². The van der Waals surface area contributed by atoms with Crippen molar-refractivity contribution in [2.45, 2.75) is 38.8 Å². The monoisotopic (exact) mass is 334 g/mol. The lowest BCUT2D eigenvalue weighted by Gasteiger charge is -2.27. The Kier molecular flexibility index (Phi) is 5.97. The molecule has 0 radical (unpaired) electrons. The van der Waals surface area contributed by atoms with Crippen LogP contribution < -0.4 is 5.32 Å². The van der Waals surface area contributed by atoms with Crippen LogP contribution in [0.2, 0.25) is 0 Å². The summed E-state index contributed by atoms with van der Waals surface area (Å²) in [6, 6.07) is 6.22. The lowest BCUT2D eigenvalue weighted by atomic mass is 10.1. The Morgan fingerprint density at radius 1 is 1.39 bits per heavy atom. The van der Waals surface area contributed by atoms with Crippen LogP contribution in [0.15, 0.2) is 18.2 Å². The van der Waals surface area contributed by atoms with Crippen molar-refractivity contribution in [3.63, 3.8) is 0 Å². The van der Waals surface area contributed by atoms with Crippen LogP contribution >= 0.6 is 11.8 Å². The maximum absolute atomic E-state index is 12.2. The first-order chi connectivity index (χ1) is 11.2. The number of carbonyl (C=O) groups is 1. The Morgan fingerprint density at radius 3 is 2.96 bits per heavy atom. The van der Waals surface area contributed by atoms with Crippen molar-refractivity contribution in [3.05, 3.63) is 29.3 Å². The summed E-state index contributed by atoms with van der Waals surface area (Å²) in [6.45, 7) is 6.18. The molecule has 0 aliphatic carbocycles. The minimum Gasteiger partial charge on any atom is -0.378 e.